The Labute approximate surface area is 210 Å². The molecule has 2 heterocycles. The van der Waals surface area contributed by atoms with E-state index in [9.17, 15) is 26.4 Å². The van der Waals surface area contributed by atoms with Crippen molar-refractivity contribution in [3.63, 3.8) is 0 Å². The molecule has 3 aliphatic rings. The van der Waals surface area contributed by atoms with Crippen molar-refractivity contribution in [1.29, 1.82) is 0 Å². The predicted molar refractivity (Wildman–Crippen MR) is 132 cm³/mol. The predicted octanol–water partition coefficient (Wildman–Crippen LogP) is 0.430. The van der Waals surface area contributed by atoms with Gasteiger partial charge in [-0.25, -0.2) is 16.8 Å². The molecule has 12 heteroatoms. The third-order valence-electron chi connectivity index (χ3n) is 6.83. The van der Waals surface area contributed by atoms with Gasteiger partial charge in [0.05, 0.1) is 9.79 Å². The molecule has 0 spiro atoms. The van der Waals surface area contributed by atoms with E-state index in [1.807, 2.05) is 0 Å². The summed E-state index contributed by atoms with van der Waals surface area (Å²) in [6.45, 7) is 3.90. The maximum absolute atomic E-state index is 13.3. The highest BCUT2D eigenvalue weighted by molar-refractivity contribution is 7.89. The summed E-state index contributed by atoms with van der Waals surface area (Å²) >= 11 is 0. The summed E-state index contributed by atoms with van der Waals surface area (Å²) in [5.74, 6) is -1.01. The van der Waals surface area contributed by atoms with Crippen molar-refractivity contribution in [2.75, 3.05) is 52.4 Å². The molecule has 36 heavy (non-hydrogen) atoms. The molecule has 2 N–H and O–H groups in total. The molecule has 192 valence electrons. The maximum Gasteiger partial charge on any atom is 0.243 e. The van der Waals surface area contributed by atoms with E-state index in [1.165, 1.54) is 45.0 Å². The number of benzene rings is 2. The number of carbonyl (C=O) groups excluding carboxylic acids is 2. The molecular weight excluding hydrogens is 504 g/mol. The molecule has 0 amide bonds. The Hall–Kier alpha value is -2.48. The number of ketones is 2. The molecule has 5 rings (SSSR count). The van der Waals surface area contributed by atoms with E-state index in [1.54, 1.807) is 0 Å². The summed E-state index contributed by atoms with van der Waals surface area (Å²) in [6, 6.07) is 7.91. The zero-order chi connectivity index (χ0) is 25.5. The molecule has 2 aromatic rings. The number of sulfonamides is 2. The number of hydrogen-bond acceptors (Lipinski definition) is 8. The van der Waals surface area contributed by atoms with Gasteiger partial charge in [-0.2, -0.15) is 8.61 Å². The zero-order valence-corrected chi connectivity index (χ0v) is 21.3. The van der Waals surface area contributed by atoms with Gasteiger partial charge in [0.2, 0.25) is 20.0 Å². The fourth-order valence-electron chi connectivity index (χ4n) is 4.85. The summed E-state index contributed by atoms with van der Waals surface area (Å²) in [5, 5.41) is 6.32. The molecular formula is C24H28N4O6S2. The summed E-state index contributed by atoms with van der Waals surface area (Å²) in [4.78, 5) is 26.6. The fourth-order valence-corrected chi connectivity index (χ4v) is 7.86. The molecule has 2 aliphatic heterocycles. The molecule has 2 fully saturated rings. The first-order valence-corrected chi connectivity index (χ1v) is 14.9. The largest absolute Gasteiger partial charge is 0.315 e. The lowest BCUT2D eigenvalue weighted by molar-refractivity contribution is 0.0978. The van der Waals surface area contributed by atoms with Gasteiger partial charge in [-0.15, -0.1) is 0 Å². The van der Waals surface area contributed by atoms with Crippen LogP contribution in [0.25, 0.3) is 0 Å². The molecule has 0 radical (unpaired) electrons. The van der Waals surface area contributed by atoms with E-state index >= 15 is 0 Å². The topological polar surface area (TPSA) is 133 Å². The lowest BCUT2D eigenvalue weighted by atomic mass is 9.84. The van der Waals surface area contributed by atoms with Crippen molar-refractivity contribution >= 4 is 31.6 Å². The third kappa shape index (κ3) is 4.42. The van der Waals surface area contributed by atoms with Crippen LogP contribution >= 0.6 is 0 Å². The number of rotatable bonds is 4. The van der Waals surface area contributed by atoms with Crippen molar-refractivity contribution in [3.05, 3.63) is 58.7 Å². The SMILES string of the molecule is O=C1c2ccc(S(=O)(=O)N3CCCNCC3)cc2C(=O)c2ccc(S(=O)(=O)N3CCCNCC3)cc21. The number of nitrogens with one attached hydrogen (secondary N) is 2. The second kappa shape index (κ2) is 9.77. The second-order valence-electron chi connectivity index (χ2n) is 9.09. The van der Waals surface area contributed by atoms with Crippen LogP contribution in [0, 0.1) is 0 Å². The van der Waals surface area contributed by atoms with Crippen molar-refractivity contribution in [2.24, 2.45) is 0 Å². The molecule has 0 saturated carbocycles. The zero-order valence-electron chi connectivity index (χ0n) is 19.7. The highest BCUT2D eigenvalue weighted by Gasteiger charge is 2.34. The summed E-state index contributed by atoms with van der Waals surface area (Å²) in [7, 11) is -7.68. The fraction of sp³-hybridized carbons (Fsp3) is 0.417. The molecule has 0 unspecified atom stereocenters. The van der Waals surface area contributed by atoms with Crippen LogP contribution < -0.4 is 10.6 Å². The van der Waals surface area contributed by atoms with Gasteiger partial charge in [0.1, 0.15) is 0 Å². The average Bonchev–Trinajstić information content (AvgIpc) is 3.33. The van der Waals surface area contributed by atoms with Crippen molar-refractivity contribution in [1.82, 2.24) is 19.2 Å². The maximum atomic E-state index is 13.3. The minimum atomic E-state index is -3.84. The van der Waals surface area contributed by atoms with Crippen molar-refractivity contribution in [2.45, 2.75) is 22.6 Å². The normalized spacial score (nSPS) is 20.3. The average molecular weight is 533 g/mol. The van der Waals surface area contributed by atoms with Crippen LogP contribution in [0.5, 0.6) is 0 Å². The van der Waals surface area contributed by atoms with Gasteiger partial charge >= 0.3 is 0 Å². The Bertz CT molecular complexity index is 1310. The summed E-state index contributed by atoms with van der Waals surface area (Å²) < 4.78 is 55.6. The van der Waals surface area contributed by atoms with E-state index in [0.717, 1.165) is 13.1 Å². The van der Waals surface area contributed by atoms with Crippen LogP contribution in [-0.4, -0.2) is 89.4 Å². The minimum Gasteiger partial charge on any atom is -0.315 e. The van der Waals surface area contributed by atoms with Gasteiger partial charge in [0.25, 0.3) is 0 Å². The van der Waals surface area contributed by atoms with Gasteiger partial charge in [-0.05, 0) is 62.3 Å². The van der Waals surface area contributed by atoms with Gasteiger partial charge in [0.15, 0.2) is 11.6 Å². The van der Waals surface area contributed by atoms with Crippen LogP contribution in [0.4, 0.5) is 0 Å². The van der Waals surface area contributed by atoms with Crippen LogP contribution in [0.15, 0.2) is 46.2 Å². The van der Waals surface area contributed by atoms with Gasteiger partial charge in [0, 0.05) is 61.5 Å². The summed E-state index contributed by atoms with van der Waals surface area (Å²) in [6.07, 6.45) is 1.35. The molecule has 0 aromatic heterocycles. The van der Waals surface area contributed by atoms with Crippen molar-refractivity contribution < 1.29 is 26.4 Å². The van der Waals surface area contributed by atoms with E-state index in [2.05, 4.69) is 10.6 Å². The molecule has 1 aliphatic carbocycles. The first-order chi connectivity index (χ1) is 17.2. The number of hydrogen-bond donors (Lipinski definition) is 2. The van der Waals surface area contributed by atoms with Crippen molar-refractivity contribution in [3.8, 4) is 0 Å². The van der Waals surface area contributed by atoms with E-state index in [-0.39, 0.29) is 32.0 Å². The quantitative estimate of drug-likeness (QED) is 0.494. The molecule has 2 aromatic carbocycles. The Morgan fingerprint density at radius 2 is 0.972 bits per heavy atom. The first-order valence-electron chi connectivity index (χ1n) is 12.0. The molecule has 0 bridgehead atoms. The first kappa shape index (κ1) is 25.2. The van der Waals surface area contributed by atoms with E-state index in [4.69, 9.17) is 0 Å². The van der Waals surface area contributed by atoms with E-state index in [0.29, 0.717) is 52.1 Å². The Morgan fingerprint density at radius 3 is 1.39 bits per heavy atom. The Morgan fingerprint density at radius 1 is 0.556 bits per heavy atom. The standard InChI is InChI=1S/C24H28N4O6S2/c29-23-20-6-4-18(36(33,34)28-12-2-8-26-10-14-28)16-22(20)24(30)19-5-3-17(15-21(19)23)35(31,32)27-11-1-7-25-9-13-27/h3-6,15-16,25-26H,1-2,7-14H2. The lowest BCUT2D eigenvalue weighted by Crippen LogP contribution is -2.35. The Balaban J connectivity index is 1.49. The number of carbonyl (C=O) groups is 2. The smallest absolute Gasteiger partial charge is 0.243 e. The van der Waals surface area contributed by atoms with Crippen LogP contribution in [0.2, 0.25) is 0 Å². The molecule has 0 atom stereocenters. The summed E-state index contributed by atoms with van der Waals surface area (Å²) in [5.41, 5.74) is 0.154. The lowest BCUT2D eigenvalue weighted by Gasteiger charge is -2.23. The van der Waals surface area contributed by atoms with Gasteiger partial charge in [-0.3, -0.25) is 9.59 Å². The molecule has 10 nitrogen and oxygen atoms in total. The number of fused-ring (bicyclic) bond motifs is 2. The van der Waals surface area contributed by atoms with Crippen LogP contribution in [-0.2, 0) is 20.0 Å². The van der Waals surface area contributed by atoms with Gasteiger partial charge in [-0.1, -0.05) is 0 Å². The minimum absolute atomic E-state index is 0.00993. The number of nitrogens with zero attached hydrogens (tertiary/aromatic N) is 2. The molecule has 2 saturated heterocycles. The van der Waals surface area contributed by atoms with Crippen LogP contribution in [0.3, 0.4) is 0 Å². The monoisotopic (exact) mass is 532 g/mol. The highest BCUT2D eigenvalue weighted by Crippen LogP contribution is 2.32. The van der Waals surface area contributed by atoms with Gasteiger partial charge < -0.3 is 10.6 Å². The second-order valence-corrected chi connectivity index (χ2v) is 13.0. The highest BCUT2D eigenvalue weighted by atomic mass is 32.2. The Kier molecular flexibility index (Phi) is 6.83. The van der Waals surface area contributed by atoms with E-state index < -0.39 is 31.6 Å². The third-order valence-corrected chi connectivity index (χ3v) is 10.6. The van der Waals surface area contributed by atoms with Crippen LogP contribution in [0.1, 0.15) is 44.7 Å².